The van der Waals surface area contributed by atoms with Crippen molar-refractivity contribution in [2.75, 3.05) is 18.0 Å². The van der Waals surface area contributed by atoms with Gasteiger partial charge in [0.05, 0.1) is 18.1 Å². The standard InChI is InChI=1S/C24H23Cl2N7O2/c1-14(2)31-24(35-23(27)34)11-32(12-24)21-19-22(29-13-28-21)33(16-9-7-15(25)8-10-16)20(30-19)17-5-3-4-6-18(17)26/h3-10,13-14,31H,11-12H2,1-2H3,(H2,27,34). The van der Waals surface area contributed by atoms with Gasteiger partial charge in [-0.25, -0.2) is 19.7 Å². The van der Waals surface area contributed by atoms with Crippen molar-refractivity contribution in [3.8, 4) is 17.1 Å². The van der Waals surface area contributed by atoms with Gasteiger partial charge in [0.15, 0.2) is 17.0 Å². The lowest BCUT2D eigenvalue weighted by molar-refractivity contribution is -0.0389. The normalized spacial score (nSPS) is 14.8. The van der Waals surface area contributed by atoms with Crippen molar-refractivity contribution in [1.82, 2.24) is 24.8 Å². The Labute approximate surface area is 211 Å². The first-order valence-corrected chi connectivity index (χ1v) is 11.8. The van der Waals surface area contributed by atoms with Crippen LogP contribution in [-0.4, -0.2) is 50.5 Å². The van der Waals surface area contributed by atoms with E-state index in [9.17, 15) is 4.79 Å². The SMILES string of the molecule is CC(C)NC1(OC(N)=O)CN(c2ncnc3c2nc(-c2ccccc2Cl)n3-c2ccc(Cl)cc2)C1. The number of imidazole rings is 1. The van der Waals surface area contributed by atoms with E-state index < -0.39 is 11.8 Å². The van der Waals surface area contributed by atoms with E-state index in [-0.39, 0.29) is 6.04 Å². The Hall–Kier alpha value is -3.40. The van der Waals surface area contributed by atoms with E-state index in [1.165, 1.54) is 6.33 Å². The molecule has 11 heteroatoms. The van der Waals surface area contributed by atoms with Crippen molar-refractivity contribution in [3.05, 3.63) is 64.9 Å². The minimum Gasteiger partial charge on any atom is -0.424 e. The number of nitrogens with zero attached hydrogens (tertiary/aromatic N) is 5. The fraction of sp³-hybridized carbons (Fsp3) is 0.250. The highest BCUT2D eigenvalue weighted by Crippen LogP contribution is 2.37. The number of primary amides is 1. The molecule has 3 heterocycles. The van der Waals surface area contributed by atoms with E-state index in [1.54, 1.807) is 0 Å². The van der Waals surface area contributed by atoms with Crippen LogP contribution < -0.4 is 16.0 Å². The highest BCUT2D eigenvalue weighted by atomic mass is 35.5. The Morgan fingerprint density at radius 3 is 2.49 bits per heavy atom. The number of nitrogens with one attached hydrogen (secondary N) is 1. The van der Waals surface area contributed by atoms with Crippen LogP contribution in [0.2, 0.25) is 10.0 Å². The Morgan fingerprint density at radius 1 is 1.11 bits per heavy atom. The molecule has 35 heavy (non-hydrogen) atoms. The summed E-state index contributed by atoms with van der Waals surface area (Å²) in [7, 11) is 0. The van der Waals surface area contributed by atoms with Crippen LogP contribution in [0.15, 0.2) is 54.9 Å². The van der Waals surface area contributed by atoms with Crippen molar-refractivity contribution in [3.63, 3.8) is 0 Å². The Balaban J connectivity index is 1.63. The molecule has 9 nitrogen and oxygen atoms in total. The summed E-state index contributed by atoms with van der Waals surface area (Å²) in [6.45, 7) is 4.66. The smallest absolute Gasteiger partial charge is 0.406 e. The second-order valence-corrected chi connectivity index (χ2v) is 9.51. The summed E-state index contributed by atoms with van der Waals surface area (Å²) in [5.74, 6) is 1.24. The zero-order chi connectivity index (χ0) is 24.7. The molecule has 2 aromatic heterocycles. The predicted molar refractivity (Wildman–Crippen MR) is 136 cm³/mol. The van der Waals surface area contributed by atoms with Crippen LogP contribution in [0.5, 0.6) is 0 Å². The summed E-state index contributed by atoms with van der Waals surface area (Å²) in [6.07, 6.45) is 0.658. The zero-order valence-corrected chi connectivity index (χ0v) is 20.6. The summed E-state index contributed by atoms with van der Waals surface area (Å²) in [6, 6.07) is 15.0. The van der Waals surface area contributed by atoms with Gasteiger partial charge in [-0.05, 0) is 50.2 Å². The lowest BCUT2D eigenvalue weighted by atomic mass is 10.0. The van der Waals surface area contributed by atoms with Crippen molar-refractivity contribution < 1.29 is 9.53 Å². The van der Waals surface area contributed by atoms with Gasteiger partial charge in [0.25, 0.3) is 0 Å². The van der Waals surface area contributed by atoms with Crippen molar-refractivity contribution in [2.45, 2.75) is 25.6 Å². The maximum Gasteiger partial charge on any atom is 0.406 e. The Bertz CT molecular complexity index is 1400. The first-order valence-electron chi connectivity index (χ1n) is 11.0. The van der Waals surface area contributed by atoms with E-state index in [4.69, 9.17) is 38.7 Å². The predicted octanol–water partition coefficient (Wildman–Crippen LogP) is 4.40. The quantitative estimate of drug-likeness (QED) is 0.369. The van der Waals surface area contributed by atoms with Crippen LogP contribution >= 0.6 is 23.2 Å². The van der Waals surface area contributed by atoms with Gasteiger partial charge in [-0.1, -0.05) is 35.3 Å². The molecule has 180 valence electrons. The molecule has 2 aromatic carbocycles. The van der Waals surface area contributed by atoms with Crippen LogP contribution in [0.3, 0.4) is 0 Å². The molecule has 3 N–H and O–H groups in total. The van der Waals surface area contributed by atoms with Gasteiger partial charge >= 0.3 is 6.09 Å². The van der Waals surface area contributed by atoms with Crippen LogP contribution in [0.25, 0.3) is 28.2 Å². The second kappa shape index (κ2) is 8.99. The largest absolute Gasteiger partial charge is 0.424 e. The zero-order valence-electron chi connectivity index (χ0n) is 19.1. The number of carbonyl (C=O) groups excluding carboxylic acids is 1. The highest BCUT2D eigenvalue weighted by Gasteiger charge is 2.48. The molecule has 1 aliphatic heterocycles. The van der Waals surface area contributed by atoms with Gasteiger partial charge < -0.3 is 15.4 Å². The number of rotatable bonds is 6. The van der Waals surface area contributed by atoms with Gasteiger partial charge in [-0.15, -0.1) is 0 Å². The first-order chi connectivity index (χ1) is 16.8. The number of halogens is 2. The summed E-state index contributed by atoms with van der Waals surface area (Å²) in [5.41, 5.74) is 7.21. The molecule has 0 radical (unpaired) electrons. The molecule has 4 aromatic rings. The third-order valence-corrected chi connectivity index (χ3v) is 6.25. The number of benzene rings is 2. The monoisotopic (exact) mass is 511 g/mol. The number of anilines is 1. The van der Waals surface area contributed by atoms with Crippen LogP contribution in [0.1, 0.15) is 13.8 Å². The van der Waals surface area contributed by atoms with E-state index in [0.29, 0.717) is 45.9 Å². The number of hydrogen-bond donors (Lipinski definition) is 2. The molecular formula is C24H23Cl2N7O2. The topological polar surface area (TPSA) is 111 Å². The number of fused-ring (bicyclic) bond motifs is 1. The molecule has 5 rings (SSSR count). The van der Waals surface area contributed by atoms with E-state index in [1.807, 2.05) is 71.8 Å². The molecule has 0 aliphatic carbocycles. The van der Waals surface area contributed by atoms with E-state index >= 15 is 0 Å². The molecular weight excluding hydrogens is 489 g/mol. The third kappa shape index (κ3) is 4.38. The van der Waals surface area contributed by atoms with Crippen LogP contribution in [0, 0.1) is 0 Å². The van der Waals surface area contributed by atoms with Crippen LogP contribution in [-0.2, 0) is 4.74 Å². The number of amides is 1. The van der Waals surface area contributed by atoms with Gasteiger partial charge in [-0.2, -0.15) is 0 Å². The fourth-order valence-corrected chi connectivity index (χ4v) is 4.74. The average molecular weight is 512 g/mol. The van der Waals surface area contributed by atoms with Gasteiger partial charge in [0, 0.05) is 22.3 Å². The highest BCUT2D eigenvalue weighted by molar-refractivity contribution is 6.33. The first kappa shape index (κ1) is 23.3. The average Bonchev–Trinajstić information content (AvgIpc) is 3.16. The maximum atomic E-state index is 11.5. The number of hydrogen-bond acceptors (Lipinski definition) is 7. The van der Waals surface area contributed by atoms with E-state index in [0.717, 1.165) is 11.3 Å². The fourth-order valence-electron chi connectivity index (χ4n) is 4.39. The molecule has 0 spiro atoms. The molecule has 0 unspecified atom stereocenters. The molecule has 0 atom stereocenters. The maximum absolute atomic E-state index is 11.5. The molecule has 0 bridgehead atoms. The van der Waals surface area contributed by atoms with Gasteiger partial charge in [-0.3, -0.25) is 9.88 Å². The summed E-state index contributed by atoms with van der Waals surface area (Å²) in [4.78, 5) is 27.5. The summed E-state index contributed by atoms with van der Waals surface area (Å²) < 4.78 is 7.36. The minimum atomic E-state index is -0.901. The summed E-state index contributed by atoms with van der Waals surface area (Å²) >= 11 is 12.7. The molecule has 1 aliphatic rings. The van der Waals surface area contributed by atoms with Crippen LogP contribution in [0.4, 0.5) is 10.6 Å². The lowest BCUT2D eigenvalue weighted by Gasteiger charge is -2.50. The Kier molecular flexibility index (Phi) is 6.00. The third-order valence-electron chi connectivity index (χ3n) is 5.66. The number of aromatic nitrogens is 4. The van der Waals surface area contributed by atoms with Gasteiger partial charge in [0.2, 0.25) is 5.72 Å². The van der Waals surface area contributed by atoms with Crippen molar-refractivity contribution in [1.29, 1.82) is 0 Å². The number of ether oxygens (including phenoxy) is 1. The lowest BCUT2D eigenvalue weighted by Crippen LogP contribution is -2.73. The summed E-state index contributed by atoms with van der Waals surface area (Å²) in [5, 5.41) is 4.47. The molecule has 1 amide bonds. The van der Waals surface area contributed by atoms with Crippen molar-refractivity contribution >= 4 is 46.3 Å². The van der Waals surface area contributed by atoms with Gasteiger partial charge in [0.1, 0.15) is 12.2 Å². The molecule has 1 fully saturated rings. The van der Waals surface area contributed by atoms with Crippen molar-refractivity contribution in [2.24, 2.45) is 5.73 Å². The minimum absolute atomic E-state index is 0.0813. The number of nitrogens with two attached hydrogens (primary N) is 1. The number of carbonyl (C=O) groups is 1. The molecule has 1 saturated heterocycles. The van der Waals surface area contributed by atoms with E-state index in [2.05, 4.69) is 15.3 Å². The second-order valence-electron chi connectivity index (χ2n) is 8.67. The Morgan fingerprint density at radius 2 is 1.83 bits per heavy atom. The molecule has 0 saturated carbocycles.